The minimum absolute atomic E-state index is 0.122. The maximum atomic E-state index is 12.0. The molecule has 0 saturated carbocycles. The van der Waals surface area contributed by atoms with Gasteiger partial charge in [0.1, 0.15) is 0 Å². The molecule has 1 fully saturated rings. The van der Waals surface area contributed by atoms with E-state index in [0.717, 1.165) is 19.3 Å². The molecule has 19 heavy (non-hydrogen) atoms. The molecule has 2 N–H and O–H groups in total. The molecule has 0 bridgehead atoms. The van der Waals surface area contributed by atoms with Crippen LogP contribution in [-0.2, 0) is 4.79 Å². The first kappa shape index (κ1) is 15.8. The summed E-state index contributed by atoms with van der Waals surface area (Å²) in [6.45, 7) is 7.99. The minimum atomic E-state index is -0.805. The van der Waals surface area contributed by atoms with E-state index in [1.807, 2.05) is 0 Å². The Hall–Kier alpha value is -1.26. The first-order valence-electron chi connectivity index (χ1n) is 7.23. The molecule has 0 aromatic heterocycles. The van der Waals surface area contributed by atoms with Gasteiger partial charge in [-0.05, 0) is 31.1 Å². The standard InChI is InChI=1S/C14H26N2O3/c1-4-14(5-2,6-3)10-15-13(19)16-8-7-11(9-16)12(17)18/h11H,4-10H2,1-3H3,(H,15,19)(H,17,18). The summed E-state index contributed by atoms with van der Waals surface area (Å²) in [5, 5.41) is 11.9. The number of hydrogen-bond donors (Lipinski definition) is 2. The van der Waals surface area contributed by atoms with Crippen LogP contribution in [0.15, 0.2) is 0 Å². The Morgan fingerprint density at radius 3 is 2.26 bits per heavy atom. The van der Waals surface area contributed by atoms with E-state index in [1.165, 1.54) is 0 Å². The number of hydrogen-bond acceptors (Lipinski definition) is 2. The van der Waals surface area contributed by atoms with Gasteiger partial charge in [-0.3, -0.25) is 4.79 Å². The largest absolute Gasteiger partial charge is 0.481 e. The summed E-state index contributed by atoms with van der Waals surface area (Å²) in [5.41, 5.74) is 0.168. The summed E-state index contributed by atoms with van der Waals surface area (Å²) in [4.78, 5) is 24.5. The van der Waals surface area contributed by atoms with Crippen molar-refractivity contribution in [2.75, 3.05) is 19.6 Å². The van der Waals surface area contributed by atoms with Crippen molar-refractivity contribution in [1.29, 1.82) is 0 Å². The Morgan fingerprint density at radius 2 is 1.84 bits per heavy atom. The molecule has 0 radical (unpaired) electrons. The van der Waals surface area contributed by atoms with E-state index in [9.17, 15) is 9.59 Å². The molecule has 0 aromatic rings. The van der Waals surface area contributed by atoms with Crippen molar-refractivity contribution in [2.24, 2.45) is 11.3 Å². The minimum Gasteiger partial charge on any atom is -0.481 e. The highest BCUT2D eigenvalue weighted by molar-refractivity contribution is 5.77. The molecule has 5 nitrogen and oxygen atoms in total. The maximum Gasteiger partial charge on any atom is 0.317 e. The summed E-state index contributed by atoms with van der Waals surface area (Å²) >= 11 is 0. The summed E-state index contributed by atoms with van der Waals surface area (Å²) in [7, 11) is 0. The van der Waals surface area contributed by atoms with E-state index in [1.54, 1.807) is 4.90 Å². The fourth-order valence-corrected chi connectivity index (χ4v) is 2.65. The van der Waals surface area contributed by atoms with Crippen molar-refractivity contribution in [3.8, 4) is 0 Å². The van der Waals surface area contributed by atoms with Crippen LogP contribution in [0.4, 0.5) is 4.79 Å². The average Bonchev–Trinajstić information content (AvgIpc) is 2.90. The Balaban J connectivity index is 2.46. The van der Waals surface area contributed by atoms with Gasteiger partial charge in [0, 0.05) is 19.6 Å². The molecule has 1 aliphatic heterocycles. The average molecular weight is 270 g/mol. The fourth-order valence-electron chi connectivity index (χ4n) is 2.65. The first-order chi connectivity index (χ1) is 8.98. The zero-order valence-corrected chi connectivity index (χ0v) is 12.2. The SMILES string of the molecule is CCC(CC)(CC)CNC(=O)N1CCC(C(=O)O)C1. The molecule has 1 atom stereocenters. The molecule has 5 heteroatoms. The number of carboxylic acids is 1. The smallest absolute Gasteiger partial charge is 0.317 e. The Kier molecular flexibility index (Phi) is 5.63. The second-order valence-corrected chi connectivity index (χ2v) is 5.49. The van der Waals surface area contributed by atoms with Crippen molar-refractivity contribution < 1.29 is 14.7 Å². The lowest BCUT2D eigenvalue weighted by Crippen LogP contribution is -2.44. The molecule has 0 aromatic carbocycles. The monoisotopic (exact) mass is 270 g/mol. The predicted octanol–water partition coefficient (Wildman–Crippen LogP) is 2.32. The number of nitrogens with zero attached hydrogens (tertiary/aromatic N) is 1. The summed E-state index contributed by atoms with van der Waals surface area (Å²) in [6, 6.07) is -0.122. The number of urea groups is 1. The molecule has 1 heterocycles. The Bertz CT molecular complexity index is 318. The second kappa shape index (κ2) is 6.78. The van der Waals surface area contributed by atoms with Crippen LogP contribution in [0, 0.1) is 11.3 Å². The number of carbonyl (C=O) groups excluding carboxylic acids is 1. The Morgan fingerprint density at radius 1 is 1.26 bits per heavy atom. The highest BCUT2D eigenvalue weighted by Gasteiger charge is 2.32. The van der Waals surface area contributed by atoms with Gasteiger partial charge in [-0.1, -0.05) is 20.8 Å². The lowest BCUT2D eigenvalue weighted by molar-refractivity contribution is -0.141. The summed E-state index contributed by atoms with van der Waals surface area (Å²) in [6.07, 6.45) is 3.68. The summed E-state index contributed by atoms with van der Waals surface area (Å²) < 4.78 is 0. The third kappa shape index (κ3) is 3.85. The lowest BCUT2D eigenvalue weighted by atomic mass is 9.80. The van der Waals surface area contributed by atoms with Crippen molar-refractivity contribution in [2.45, 2.75) is 46.5 Å². The molecular weight excluding hydrogens is 244 g/mol. The molecule has 2 amide bonds. The van der Waals surface area contributed by atoms with Crippen LogP contribution in [-0.4, -0.2) is 41.6 Å². The zero-order valence-electron chi connectivity index (χ0n) is 12.2. The third-order valence-electron chi connectivity index (χ3n) is 4.69. The molecule has 1 rings (SSSR count). The fraction of sp³-hybridized carbons (Fsp3) is 0.857. The quantitative estimate of drug-likeness (QED) is 0.778. The topological polar surface area (TPSA) is 69.6 Å². The van der Waals surface area contributed by atoms with E-state index in [4.69, 9.17) is 5.11 Å². The number of rotatable bonds is 6. The van der Waals surface area contributed by atoms with E-state index in [0.29, 0.717) is 26.1 Å². The zero-order chi connectivity index (χ0) is 14.5. The van der Waals surface area contributed by atoms with Gasteiger partial charge in [0.2, 0.25) is 0 Å². The molecule has 0 spiro atoms. The third-order valence-corrected chi connectivity index (χ3v) is 4.69. The van der Waals surface area contributed by atoms with Crippen LogP contribution in [0.2, 0.25) is 0 Å². The van der Waals surface area contributed by atoms with Crippen LogP contribution in [0.25, 0.3) is 0 Å². The number of likely N-dealkylation sites (tertiary alicyclic amines) is 1. The molecule has 1 saturated heterocycles. The molecule has 110 valence electrons. The van der Waals surface area contributed by atoms with Crippen molar-refractivity contribution in [1.82, 2.24) is 10.2 Å². The van der Waals surface area contributed by atoms with Crippen LogP contribution in [0.3, 0.4) is 0 Å². The normalized spacial score (nSPS) is 19.5. The van der Waals surface area contributed by atoms with Gasteiger partial charge in [-0.2, -0.15) is 0 Å². The highest BCUT2D eigenvalue weighted by Crippen LogP contribution is 2.29. The predicted molar refractivity (Wildman–Crippen MR) is 74.0 cm³/mol. The highest BCUT2D eigenvalue weighted by atomic mass is 16.4. The van der Waals surface area contributed by atoms with Crippen molar-refractivity contribution >= 4 is 12.0 Å². The van der Waals surface area contributed by atoms with E-state index < -0.39 is 11.9 Å². The van der Waals surface area contributed by atoms with E-state index in [2.05, 4.69) is 26.1 Å². The van der Waals surface area contributed by atoms with Gasteiger partial charge < -0.3 is 15.3 Å². The van der Waals surface area contributed by atoms with E-state index in [-0.39, 0.29) is 11.4 Å². The van der Waals surface area contributed by atoms with Crippen LogP contribution < -0.4 is 5.32 Å². The summed E-state index contributed by atoms with van der Waals surface area (Å²) in [5.74, 6) is -1.21. The van der Waals surface area contributed by atoms with Gasteiger partial charge in [-0.15, -0.1) is 0 Å². The lowest BCUT2D eigenvalue weighted by Gasteiger charge is -2.31. The van der Waals surface area contributed by atoms with Gasteiger partial charge in [0.05, 0.1) is 5.92 Å². The van der Waals surface area contributed by atoms with E-state index >= 15 is 0 Å². The number of nitrogens with one attached hydrogen (secondary N) is 1. The number of carboxylic acid groups (broad SMARTS) is 1. The molecular formula is C14H26N2O3. The van der Waals surface area contributed by atoms with Gasteiger partial charge in [-0.25, -0.2) is 4.79 Å². The van der Waals surface area contributed by atoms with Crippen LogP contribution in [0.5, 0.6) is 0 Å². The van der Waals surface area contributed by atoms with Crippen LogP contribution >= 0.6 is 0 Å². The molecule has 0 aliphatic carbocycles. The second-order valence-electron chi connectivity index (χ2n) is 5.49. The van der Waals surface area contributed by atoms with Crippen molar-refractivity contribution in [3.05, 3.63) is 0 Å². The Labute approximate surface area is 115 Å². The number of aliphatic carboxylic acids is 1. The van der Waals surface area contributed by atoms with Gasteiger partial charge in [0.15, 0.2) is 0 Å². The van der Waals surface area contributed by atoms with Crippen molar-refractivity contribution in [3.63, 3.8) is 0 Å². The number of carbonyl (C=O) groups is 2. The van der Waals surface area contributed by atoms with Crippen LogP contribution in [0.1, 0.15) is 46.5 Å². The molecule has 1 unspecified atom stereocenters. The van der Waals surface area contributed by atoms with Gasteiger partial charge in [0.25, 0.3) is 0 Å². The maximum absolute atomic E-state index is 12.0. The first-order valence-corrected chi connectivity index (χ1v) is 7.23. The van der Waals surface area contributed by atoms with Gasteiger partial charge >= 0.3 is 12.0 Å². The molecule has 1 aliphatic rings. The number of amides is 2.